The third-order valence-corrected chi connectivity index (χ3v) is 8.52. The van der Waals surface area contributed by atoms with E-state index >= 15 is 0 Å². The topological polar surface area (TPSA) is 177 Å². The smallest absolute Gasteiger partial charge is 0.333 e. The van der Waals surface area contributed by atoms with Crippen LogP contribution in [0.1, 0.15) is 64.2 Å². The maximum atomic E-state index is 13.0. The molecule has 4 aliphatic rings. The van der Waals surface area contributed by atoms with Gasteiger partial charge in [0.15, 0.2) is 0 Å². The van der Waals surface area contributed by atoms with Crippen LogP contribution in [0.2, 0.25) is 0 Å². The van der Waals surface area contributed by atoms with Crippen LogP contribution in [0.25, 0.3) is 0 Å². The second kappa shape index (κ2) is 12.8. The molecule has 3 N–H and O–H groups in total. The van der Waals surface area contributed by atoms with E-state index in [2.05, 4.69) is 0 Å². The number of aromatic nitrogens is 3. The minimum Gasteiger partial charge on any atom is -0.465 e. The monoisotopic (exact) mass is 563 g/mol. The van der Waals surface area contributed by atoms with E-state index in [4.69, 9.17) is 29.8 Å². The van der Waals surface area contributed by atoms with Crippen LogP contribution in [0.15, 0.2) is 4.79 Å². The second-order valence-electron chi connectivity index (χ2n) is 11.5. The van der Waals surface area contributed by atoms with Crippen LogP contribution in [-0.4, -0.2) is 75.0 Å². The number of hydrogen-bond acceptors (Lipinski definition) is 10. The number of nitrogens with one attached hydrogen (secondary N) is 2. The molecule has 2 saturated heterocycles. The quantitative estimate of drug-likeness (QED) is 0.212. The molecule has 2 aliphatic carbocycles. The lowest BCUT2D eigenvalue weighted by Gasteiger charge is -2.19. The molecule has 0 amide bonds. The van der Waals surface area contributed by atoms with Crippen molar-refractivity contribution < 1.29 is 33.6 Å². The van der Waals surface area contributed by atoms with E-state index in [1.165, 1.54) is 9.13 Å². The molecule has 1 aromatic rings. The molecule has 0 bridgehead atoms. The zero-order valence-corrected chi connectivity index (χ0v) is 22.9. The number of rotatable bonds is 14. The molecule has 1 aromatic heterocycles. The summed E-state index contributed by atoms with van der Waals surface area (Å²) in [5.41, 5.74) is -0.999. The van der Waals surface area contributed by atoms with Crippen LogP contribution >= 0.6 is 0 Å². The molecule has 4 fully saturated rings. The highest BCUT2D eigenvalue weighted by Gasteiger charge is 2.44. The number of epoxide rings is 2. The Labute approximate surface area is 232 Å². The van der Waals surface area contributed by atoms with Crippen molar-refractivity contribution in [2.24, 2.45) is 11.8 Å². The molecule has 0 spiro atoms. The molecule has 5 rings (SSSR count). The van der Waals surface area contributed by atoms with Crippen molar-refractivity contribution in [3.63, 3.8) is 0 Å². The summed E-state index contributed by atoms with van der Waals surface area (Å²) in [5, 5.41) is 26.5. The summed E-state index contributed by atoms with van der Waals surface area (Å²) in [6.07, 6.45) is 8.18. The lowest BCUT2D eigenvalue weighted by molar-refractivity contribution is -0.146. The van der Waals surface area contributed by atoms with Crippen LogP contribution in [0, 0.1) is 22.7 Å². The summed E-state index contributed by atoms with van der Waals surface area (Å²) >= 11 is 0. The van der Waals surface area contributed by atoms with Gasteiger partial charge in [0, 0.05) is 25.9 Å². The van der Waals surface area contributed by atoms with Crippen molar-refractivity contribution in [3.05, 3.63) is 21.7 Å². The number of aliphatic hydroxyl groups is 1. The number of aliphatic hydroxyl groups excluding tert-OH is 1. The summed E-state index contributed by atoms with van der Waals surface area (Å²) in [5.74, 6) is -0.0266. The summed E-state index contributed by atoms with van der Waals surface area (Å²) in [7, 11) is 0. The minimum absolute atomic E-state index is 0.0918. The summed E-state index contributed by atoms with van der Waals surface area (Å²) in [6, 6.07) is 0. The van der Waals surface area contributed by atoms with Crippen molar-refractivity contribution >= 4 is 11.9 Å². The molecule has 0 aromatic carbocycles. The molecule has 222 valence electrons. The molecule has 40 heavy (non-hydrogen) atoms. The van der Waals surface area contributed by atoms with Gasteiger partial charge in [-0.3, -0.25) is 34.1 Å². The molecule has 13 heteroatoms. The lowest BCUT2D eigenvalue weighted by Crippen LogP contribution is -2.55. The van der Waals surface area contributed by atoms with E-state index in [9.17, 15) is 19.5 Å². The first-order chi connectivity index (χ1) is 19.3. The van der Waals surface area contributed by atoms with E-state index in [0.717, 1.165) is 43.1 Å². The fraction of sp³-hybridized carbons (Fsp3) is 0.815. The number of esters is 2. The zero-order valence-electron chi connectivity index (χ0n) is 22.9. The average molecular weight is 564 g/mol. The summed E-state index contributed by atoms with van der Waals surface area (Å²) in [6.45, 7) is 0.567. The Balaban J connectivity index is 1.11. The third-order valence-electron chi connectivity index (χ3n) is 8.52. The number of ether oxygens (including phenoxy) is 4. The van der Waals surface area contributed by atoms with Gasteiger partial charge < -0.3 is 24.1 Å². The van der Waals surface area contributed by atoms with Gasteiger partial charge in [-0.2, -0.15) is 0 Å². The Morgan fingerprint density at radius 3 is 1.70 bits per heavy atom. The Hall–Kier alpha value is -2.77. The van der Waals surface area contributed by atoms with E-state index < -0.39 is 5.69 Å². The standard InChI is InChI=1S/C27H41N5O8/c28-25-30(9-1-3-23(34)37-15-17-5-7-19-21(13-17)39-19)26(29)32(11-12-33)27(36)31(25)10-2-4-24(35)38-16-18-6-8-20-22(14-18)40-20/h17-22,28-29,33H,1-16H2. The maximum Gasteiger partial charge on any atom is 0.333 e. The Morgan fingerprint density at radius 1 is 0.750 bits per heavy atom. The molecule has 13 nitrogen and oxygen atoms in total. The molecule has 3 heterocycles. The van der Waals surface area contributed by atoms with Crippen LogP contribution in [0.3, 0.4) is 0 Å². The summed E-state index contributed by atoms with van der Waals surface area (Å²) in [4.78, 5) is 37.6. The Morgan fingerprint density at radius 2 is 1.23 bits per heavy atom. The van der Waals surface area contributed by atoms with Crippen molar-refractivity contribution in [1.29, 1.82) is 10.8 Å². The van der Waals surface area contributed by atoms with E-state index in [1.54, 1.807) is 0 Å². The van der Waals surface area contributed by atoms with Gasteiger partial charge in [-0.05, 0) is 63.2 Å². The van der Waals surface area contributed by atoms with Gasteiger partial charge in [0.25, 0.3) is 0 Å². The normalized spacial score (nSPS) is 28.3. The van der Waals surface area contributed by atoms with Gasteiger partial charge >= 0.3 is 17.6 Å². The van der Waals surface area contributed by atoms with Crippen molar-refractivity contribution in [3.8, 4) is 0 Å². The largest absolute Gasteiger partial charge is 0.465 e. The number of carbonyl (C=O) groups excluding carboxylic acids is 2. The SMILES string of the molecule is N=c1n(CCCC(=O)OCC2CCC3OC3C2)c(=N)n(CCCC(=O)OCC2CCC3OC3C2)c(=O)n1CCO. The molecule has 2 aliphatic heterocycles. The fourth-order valence-corrected chi connectivity index (χ4v) is 6.04. The van der Waals surface area contributed by atoms with Crippen LogP contribution in [-0.2, 0) is 48.2 Å². The molecule has 2 saturated carbocycles. The highest BCUT2D eigenvalue weighted by Crippen LogP contribution is 2.40. The Bertz CT molecular complexity index is 1170. The van der Waals surface area contributed by atoms with E-state index in [1.807, 2.05) is 0 Å². The molecular weight excluding hydrogens is 522 g/mol. The first kappa shape index (κ1) is 28.7. The van der Waals surface area contributed by atoms with E-state index in [-0.39, 0.29) is 62.3 Å². The van der Waals surface area contributed by atoms with Crippen molar-refractivity contribution in [1.82, 2.24) is 13.7 Å². The molecular formula is C27H41N5O8. The van der Waals surface area contributed by atoms with Gasteiger partial charge in [-0.25, -0.2) is 4.79 Å². The van der Waals surface area contributed by atoms with Crippen LogP contribution in [0.5, 0.6) is 0 Å². The summed E-state index contributed by atoms with van der Waals surface area (Å²) < 4.78 is 25.6. The highest BCUT2D eigenvalue weighted by molar-refractivity contribution is 5.69. The first-order valence-corrected chi connectivity index (χ1v) is 14.6. The van der Waals surface area contributed by atoms with Crippen LogP contribution in [0.4, 0.5) is 0 Å². The number of fused-ring (bicyclic) bond motifs is 2. The molecule has 6 atom stereocenters. The first-order valence-electron chi connectivity index (χ1n) is 14.6. The van der Waals surface area contributed by atoms with Gasteiger partial charge in [0.1, 0.15) is 0 Å². The number of carbonyl (C=O) groups is 2. The third kappa shape index (κ3) is 7.10. The molecule has 0 radical (unpaired) electrons. The highest BCUT2D eigenvalue weighted by atomic mass is 16.6. The van der Waals surface area contributed by atoms with E-state index in [0.29, 0.717) is 62.3 Å². The maximum absolute atomic E-state index is 13.0. The van der Waals surface area contributed by atoms with Crippen molar-refractivity contribution in [2.45, 2.75) is 108 Å². The van der Waals surface area contributed by atoms with Gasteiger partial charge in [0.2, 0.25) is 11.2 Å². The second-order valence-corrected chi connectivity index (χ2v) is 11.5. The van der Waals surface area contributed by atoms with Gasteiger partial charge in [0.05, 0.1) is 50.8 Å². The zero-order chi connectivity index (χ0) is 28.2. The Kier molecular flexibility index (Phi) is 9.21. The average Bonchev–Trinajstić information content (AvgIpc) is 3.87. The number of nitrogens with zero attached hydrogens (tertiary/aromatic N) is 3. The predicted octanol–water partition coefficient (Wildman–Crippen LogP) is 0.184. The predicted molar refractivity (Wildman–Crippen MR) is 138 cm³/mol. The minimum atomic E-state index is -0.594. The fourth-order valence-electron chi connectivity index (χ4n) is 6.04. The van der Waals surface area contributed by atoms with Gasteiger partial charge in [-0.1, -0.05) is 0 Å². The van der Waals surface area contributed by atoms with Crippen LogP contribution < -0.4 is 16.9 Å². The lowest BCUT2D eigenvalue weighted by atomic mass is 9.90. The molecule has 6 unspecified atom stereocenters. The number of hydrogen-bond donors (Lipinski definition) is 3. The van der Waals surface area contributed by atoms with Crippen molar-refractivity contribution in [2.75, 3.05) is 19.8 Å². The van der Waals surface area contributed by atoms with Gasteiger partial charge in [-0.15, -0.1) is 0 Å².